The topological polar surface area (TPSA) is 41.1 Å². The maximum absolute atomic E-state index is 4.60. The number of benzene rings is 1. The van der Waals surface area contributed by atoms with E-state index < -0.39 is 0 Å². The van der Waals surface area contributed by atoms with Crippen LogP contribution in [-0.4, -0.2) is 35.5 Å². The first kappa shape index (κ1) is 17.4. The number of rotatable bonds is 5. The third kappa shape index (κ3) is 3.33. The van der Waals surface area contributed by atoms with Crippen LogP contribution in [0.3, 0.4) is 0 Å². The van der Waals surface area contributed by atoms with E-state index in [1.165, 1.54) is 34.2 Å². The molecule has 0 aliphatic heterocycles. The molecule has 1 N–H and O–H groups in total. The maximum atomic E-state index is 4.60. The van der Waals surface area contributed by atoms with Gasteiger partial charge in [0.2, 0.25) is 0 Å². The third-order valence-electron chi connectivity index (χ3n) is 5.36. The molecular weight excluding hydrogens is 340 g/mol. The van der Waals surface area contributed by atoms with E-state index in [4.69, 9.17) is 0 Å². The van der Waals surface area contributed by atoms with E-state index in [-0.39, 0.29) is 0 Å². The summed E-state index contributed by atoms with van der Waals surface area (Å²) in [5.74, 6) is 1.76. The first-order valence-electron chi connectivity index (χ1n) is 9.34. The fraction of sp³-hybridized carbons (Fsp3) is 0.429. The van der Waals surface area contributed by atoms with E-state index in [0.717, 1.165) is 29.5 Å². The Morgan fingerprint density at radius 1 is 1.23 bits per heavy atom. The van der Waals surface area contributed by atoms with E-state index in [1.54, 1.807) is 6.33 Å². The van der Waals surface area contributed by atoms with Crippen molar-refractivity contribution in [1.29, 1.82) is 0 Å². The zero-order valence-corrected chi connectivity index (χ0v) is 16.5. The molecule has 0 saturated heterocycles. The molecule has 4 nitrogen and oxygen atoms in total. The minimum absolute atomic E-state index is 0.302. The third-order valence-corrected chi connectivity index (χ3v) is 6.52. The first-order valence-corrected chi connectivity index (χ1v) is 10.2. The smallest absolute Gasteiger partial charge is 0.138 e. The second kappa shape index (κ2) is 7.33. The predicted octanol–water partition coefficient (Wildman–Crippen LogP) is 4.53. The largest absolute Gasteiger partial charge is 0.368 e. The summed E-state index contributed by atoms with van der Waals surface area (Å²) in [4.78, 5) is 14.0. The molecule has 0 radical (unpaired) electrons. The summed E-state index contributed by atoms with van der Waals surface area (Å²) in [6, 6.07) is 11.0. The lowest BCUT2D eigenvalue weighted by atomic mass is 9.89. The Balaban J connectivity index is 1.63. The number of nitrogens with one attached hydrogen (secondary N) is 1. The molecule has 26 heavy (non-hydrogen) atoms. The van der Waals surface area contributed by atoms with Crippen molar-refractivity contribution < 1.29 is 0 Å². The molecule has 4 rings (SSSR count). The minimum Gasteiger partial charge on any atom is -0.368 e. The summed E-state index contributed by atoms with van der Waals surface area (Å²) in [7, 11) is 4.26. The minimum atomic E-state index is 0.302. The summed E-state index contributed by atoms with van der Waals surface area (Å²) in [6.45, 7) is 3.17. The van der Waals surface area contributed by atoms with E-state index >= 15 is 0 Å². The van der Waals surface area contributed by atoms with E-state index in [9.17, 15) is 0 Å². The Kier molecular flexibility index (Phi) is 4.92. The van der Waals surface area contributed by atoms with Crippen molar-refractivity contribution in [2.75, 3.05) is 26.0 Å². The van der Waals surface area contributed by atoms with Crippen LogP contribution in [0.1, 0.15) is 35.4 Å². The molecule has 2 aromatic heterocycles. The Labute approximate surface area is 159 Å². The zero-order valence-electron chi connectivity index (χ0n) is 15.7. The van der Waals surface area contributed by atoms with E-state index in [2.05, 4.69) is 71.5 Å². The molecule has 5 heteroatoms. The highest BCUT2D eigenvalue weighted by molar-refractivity contribution is 7.19. The fourth-order valence-electron chi connectivity index (χ4n) is 3.88. The van der Waals surface area contributed by atoms with Gasteiger partial charge in [-0.05, 0) is 50.4 Å². The van der Waals surface area contributed by atoms with Gasteiger partial charge in [0.15, 0.2) is 0 Å². The molecule has 0 spiro atoms. The summed E-state index contributed by atoms with van der Waals surface area (Å²) < 4.78 is 0. The first-order chi connectivity index (χ1) is 12.6. The van der Waals surface area contributed by atoms with Crippen LogP contribution in [0, 0.1) is 5.92 Å². The molecule has 1 aromatic carbocycles. The van der Waals surface area contributed by atoms with Crippen molar-refractivity contribution >= 4 is 27.4 Å². The number of anilines is 1. The highest BCUT2D eigenvalue weighted by Crippen LogP contribution is 2.39. The van der Waals surface area contributed by atoms with Gasteiger partial charge in [0, 0.05) is 11.4 Å². The van der Waals surface area contributed by atoms with Crippen molar-refractivity contribution in [3.8, 4) is 0 Å². The fourth-order valence-corrected chi connectivity index (χ4v) is 5.23. The Hall–Kier alpha value is -1.98. The normalized spacial score (nSPS) is 18.1. The highest BCUT2D eigenvalue weighted by atomic mass is 32.1. The number of hydrogen-bond donors (Lipinski definition) is 1. The molecule has 0 amide bonds. The molecule has 3 aromatic rings. The standard InChI is InChI=1S/C21H26N4S/c1-14-9-10-16-18(11-14)26-21-19(16)20(23-13-24-21)22-12-17(25(2)3)15-7-5-4-6-8-15/h4-8,13-14,17H,9-12H2,1-3H3,(H,22,23,24)/t14-,17-/m0/s1. The van der Waals surface area contributed by atoms with Crippen LogP contribution in [0.5, 0.6) is 0 Å². The predicted molar refractivity (Wildman–Crippen MR) is 110 cm³/mol. The highest BCUT2D eigenvalue weighted by Gasteiger charge is 2.23. The van der Waals surface area contributed by atoms with Gasteiger partial charge in [-0.25, -0.2) is 9.97 Å². The summed E-state index contributed by atoms with van der Waals surface area (Å²) in [5.41, 5.74) is 2.80. The van der Waals surface area contributed by atoms with Crippen LogP contribution in [0.25, 0.3) is 10.2 Å². The molecule has 0 saturated carbocycles. The Morgan fingerprint density at radius 2 is 2.04 bits per heavy atom. The SMILES string of the molecule is C[C@H]1CCc2c(sc3ncnc(NC[C@@H](c4ccccc4)N(C)C)c23)C1. The van der Waals surface area contributed by atoms with Crippen LogP contribution in [-0.2, 0) is 12.8 Å². The van der Waals surface area contributed by atoms with Crippen molar-refractivity contribution in [1.82, 2.24) is 14.9 Å². The number of fused-ring (bicyclic) bond motifs is 3. The summed E-state index contributed by atoms with van der Waals surface area (Å²) >= 11 is 1.85. The number of aromatic nitrogens is 2. The molecular formula is C21H26N4S. The van der Waals surface area contributed by atoms with Crippen LogP contribution >= 0.6 is 11.3 Å². The van der Waals surface area contributed by atoms with E-state index in [0.29, 0.717) is 6.04 Å². The number of nitrogens with zero attached hydrogens (tertiary/aromatic N) is 3. The average Bonchev–Trinajstić information content (AvgIpc) is 3.00. The lowest BCUT2D eigenvalue weighted by Crippen LogP contribution is -2.27. The van der Waals surface area contributed by atoms with Gasteiger partial charge in [0.05, 0.1) is 11.4 Å². The second-order valence-corrected chi connectivity index (χ2v) is 8.61. The molecule has 0 fully saturated rings. The molecule has 0 bridgehead atoms. The van der Waals surface area contributed by atoms with Crippen LogP contribution < -0.4 is 5.32 Å². The Bertz CT molecular complexity index is 888. The van der Waals surface area contributed by atoms with Crippen LogP contribution in [0.4, 0.5) is 5.82 Å². The van der Waals surface area contributed by atoms with Gasteiger partial charge in [-0.3, -0.25) is 0 Å². The van der Waals surface area contributed by atoms with Gasteiger partial charge in [0.25, 0.3) is 0 Å². The molecule has 136 valence electrons. The van der Waals surface area contributed by atoms with Crippen molar-refractivity contribution in [2.45, 2.75) is 32.2 Å². The molecule has 2 atom stereocenters. The number of likely N-dealkylation sites (N-methyl/N-ethyl adjacent to an activating group) is 1. The maximum Gasteiger partial charge on any atom is 0.138 e. The van der Waals surface area contributed by atoms with Gasteiger partial charge in [-0.2, -0.15) is 0 Å². The summed E-state index contributed by atoms with van der Waals surface area (Å²) in [5, 5.41) is 4.88. The van der Waals surface area contributed by atoms with Crippen LogP contribution in [0.2, 0.25) is 0 Å². The van der Waals surface area contributed by atoms with E-state index in [1.807, 2.05) is 11.3 Å². The average molecular weight is 367 g/mol. The van der Waals surface area contributed by atoms with Crippen molar-refractivity contribution in [2.24, 2.45) is 5.92 Å². The lowest BCUT2D eigenvalue weighted by Gasteiger charge is -2.25. The van der Waals surface area contributed by atoms with Gasteiger partial charge in [-0.1, -0.05) is 37.3 Å². The lowest BCUT2D eigenvalue weighted by molar-refractivity contribution is 0.311. The van der Waals surface area contributed by atoms with Gasteiger partial charge in [-0.15, -0.1) is 11.3 Å². The van der Waals surface area contributed by atoms with Crippen molar-refractivity contribution in [3.05, 3.63) is 52.7 Å². The summed E-state index contributed by atoms with van der Waals surface area (Å²) in [6.07, 6.45) is 5.29. The number of thiophene rings is 1. The molecule has 1 aliphatic carbocycles. The molecule has 1 aliphatic rings. The monoisotopic (exact) mass is 366 g/mol. The quantitative estimate of drug-likeness (QED) is 0.720. The molecule has 2 heterocycles. The van der Waals surface area contributed by atoms with Crippen LogP contribution in [0.15, 0.2) is 36.7 Å². The number of hydrogen-bond acceptors (Lipinski definition) is 5. The zero-order chi connectivity index (χ0) is 18.1. The Morgan fingerprint density at radius 3 is 2.81 bits per heavy atom. The number of aryl methyl sites for hydroxylation is 1. The second-order valence-electron chi connectivity index (χ2n) is 7.53. The van der Waals surface area contributed by atoms with Gasteiger partial charge >= 0.3 is 0 Å². The van der Waals surface area contributed by atoms with Gasteiger partial charge < -0.3 is 10.2 Å². The van der Waals surface area contributed by atoms with Crippen molar-refractivity contribution in [3.63, 3.8) is 0 Å². The molecule has 0 unspecified atom stereocenters. The van der Waals surface area contributed by atoms with Gasteiger partial charge in [0.1, 0.15) is 17.0 Å².